The fourth-order valence-electron chi connectivity index (χ4n) is 3.33. The van der Waals surface area contributed by atoms with Crippen molar-refractivity contribution >= 4 is 12.0 Å². The normalized spacial score (nSPS) is 28.1. The van der Waals surface area contributed by atoms with Gasteiger partial charge in [-0.3, -0.25) is 0 Å². The summed E-state index contributed by atoms with van der Waals surface area (Å²) in [5.41, 5.74) is 0.0530. The number of carbonyl (C=O) groups excluding carboxylic acids is 1. The second-order valence-electron chi connectivity index (χ2n) is 6.81. The number of likely N-dealkylation sites (tertiary alicyclic amines) is 1. The Balaban J connectivity index is 1.94. The summed E-state index contributed by atoms with van der Waals surface area (Å²) in [5, 5.41) is 12.3. The standard InChI is InChI=1S/C15H27N3O3/c1-11-5-8-18(12(9-11)13(19)20)14(21)16-10-15(17(2)3)6-4-7-15/h11-12H,4-10H2,1-3H3,(H,16,21)(H,19,20). The number of urea groups is 1. The lowest BCUT2D eigenvalue weighted by Crippen LogP contribution is -2.60. The van der Waals surface area contributed by atoms with Gasteiger partial charge in [0, 0.05) is 18.6 Å². The molecule has 2 unspecified atom stereocenters. The van der Waals surface area contributed by atoms with Gasteiger partial charge in [0.25, 0.3) is 0 Å². The smallest absolute Gasteiger partial charge is 0.326 e. The summed E-state index contributed by atoms with van der Waals surface area (Å²) in [7, 11) is 4.07. The molecule has 2 aliphatic rings. The van der Waals surface area contributed by atoms with Gasteiger partial charge in [-0.15, -0.1) is 0 Å². The van der Waals surface area contributed by atoms with Crippen molar-refractivity contribution < 1.29 is 14.7 Å². The van der Waals surface area contributed by atoms with Crippen LogP contribution in [0.1, 0.15) is 39.0 Å². The second-order valence-corrected chi connectivity index (χ2v) is 6.81. The van der Waals surface area contributed by atoms with E-state index in [1.165, 1.54) is 11.3 Å². The molecule has 0 spiro atoms. The first-order chi connectivity index (χ1) is 9.85. The van der Waals surface area contributed by atoms with Gasteiger partial charge < -0.3 is 20.2 Å². The van der Waals surface area contributed by atoms with Gasteiger partial charge in [-0.25, -0.2) is 9.59 Å². The Labute approximate surface area is 126 Å². The molecule has 2 rings (SSSR count). The molecule has 1 saturated heterocycles. The SMILES string of the molecule is CC1CCN(C(=O)NCC2(N(C)C)CCC2)C(C(=O)O)C1. The minimum absolute atomic E-state index is 0.0530. The van der Waals surface area contributed by atoms with E-state index in [0.717, 1.165) is 19.3 Å². The van der Waals surface area contributed by atoms with Gasteiger partial charge in [0.2, 0.25) is 0 Å². The van der Waals surface area contributed by atoms with Crippen LogP contribution in [0.5, 0.6) is 0 Å². The van der Waals surface area contributed by atoms with Gasteiger partial charge in [-0.05, 0) is 52.1 Å². The van der Waals surface area contributed by atoms with Crippen LogP contribution in [-0.2, 0) is 4.79 Å². The zero-order valence-corrected chi connectivity index (χ0v) is 13.3. The predicted molar refractivity (Wildman–Crippen MR) is 80.2 cm³/mol. The molecule has 0 bridgehead atoms. The number of carboxylic acids is 1. The topological polar surface area (TPSA) is 72.9 Å². The number of amides is 2. The van der Waals surface area contributed by atoms with Gasteiger partial charge in [-0.1, -0.05) is 6.92 Å². The molecule has 0 aromatic heterocycles. The van der Waals surface area contributed by atoms with Crippen LogP contribution in [0.4, 0.5) is 4.79 Å². The number of nitrogens with one attached hydrogen (secondary N) is 1. The Morgan fingerprint density at radius 1 is 1.38 bits per heavy atom. The Kier molecular flexibility index (Phi) is 4.76. The van der Waals surface area contributed by atoms with Crippen LogP contribution in [0.2, 0.25) is 0 Å². The molecule has 2 amide bonds. The molecule has 1 heterocycles. The molecular weight excluding hydrogens is 270 g/mol. The first-order valence-electron chi connectivity index (χ1n) is 7.80. The highest BCUT2D eigenvalue weighted by Gasteiger charge is 2.40. The van der Waals surface area contributed by atoms with Crippen LogP contribution >= 0.6 is 0 Å². The lowest BCUT2D eigenvalue weighted by Gasteiger charge is -2.48. The van der Waals surface area contributed by atoms with Crippen LogP contribution in [0, 0.1) is 5.92 Å². The van der Waals surface area contributed by atoms with E-state index in [1.807, 2.05) is 21.0 Å². The lowest BCUT2D eigenvalue weighted by atomic mass is 9.75. The largest absolute Gasteiger partial charge is 0.480 e. The number of aliphatic carboxylic acids is 1. The molecule has 1 saturated carbocycles. The molecule has 6 nitrogen and oxygen atoms in total. The van der Waals surface area contributed by atoms with E-state index in [4.69, 9.17) is 0 Å². The summed E-state index contributed by atoms with van der Waals surface area (Å²) in [6.45, 7) is 3.16. The average molecular weight is 297 g/mol. The van der Waals surface area contributed by atoms with Crippen molar-refractivity contribution in [3.05, 3.63) is 0 Å². The number of hydrogen-bond donors (Lipinski definition) is 2. The number of piperidine rings is 1. The molecule has 0 aromatic carbocycles. The number of likely N-dealkylation sites (N-methyl/N-ethyl adjacent to an activating group) is 1. The maximum Gasteiger partial charge on any atom is 0.326 e. The summed E-state index contributed by atoms with van der Waals surface area (Å²) in [4.78, 5) is 27.4. The maximum absolute atomic E-state index is 12.4. The highest BCUT2D eigenvalue weighted by Crippen LogP contribution is 2.35. The Morgan fingerprint density at radius 3 is 2.52 bits per heavy atom. The molecule has 0 radical (unpaired) electrons. The molecule has 1 aliphatic heterocycles. The van der Waals surface area contributed by atoms with Gasteiger partial charge in [0.1, 0.15) is 6.04 Å². The van der Waals surface area contributed by atoms with Crippen molar-refractivity contribution in [2.45, 2.75) is 50.6 Å². The molecule has 21 heavy (non-hydrogen) atoms. The zero-order valence-electron chi connectivity index (χ0n) is 13.3. The molecule has 6 heteroatoms. The van der Waals surface area contributed by atoms with Crippen molar-refractivity contribution in [2.75, 3.05) is 27.2 Å². The molecule has 2 N–H and O–H groups in total. The third-order valence-electron chi connectivity index (χ3n) is 5.21. The van der Waals surface area contributed by atoms with Gasteiger partial charge >= 0.3 is 12.0 Å². The molecule has 120 valence electrons. The first-order valence-corrected chi connectivity index (χ1v) is 7.80. The third-order valence-corrected chi connectivity index (χ3v) is 5.21. The van der Waals surface area contributed by atoms with Crippen LogP contribution in [0.15, 0.2) is 0 Å². The van der Waals surface area contributed by atoms with E-state index in [-0.39, 0.29) is 11.6 Å². The van der Waals surface area contributed by atoms with Gasteiger partial charge in [0.15, 0.2) is 0 Å². The first kappa shape index (κ1) is 16.1. The van der Waals surface area contributed by atoms with E-state index >= 15 is 0 Å². The number of carboxylic acid groups (broad SMARTS) is 1. The van der Waals surface area contributed by atoms with Crippen LogP contribution in [0.3, 0.4) is 0 Å². The van der Waals surface area contributed by atoms with E-state index in [2.05, 4.69) is 10.2 Å². The van der Waals surface area contributed by atoms with Crippen LogP contribution in [0.25, 0.3) is 0 Å². The van der Waals surface area contributed by atoms with E-state index in [1.54, 1.807) is 0 Å². The predicted octanol–water partition coefficient (Wildman–Crippen LogP) is 1.37. The minimum Gasteiger partial charge on any atom is -0.480 e. The number of hydrogen-bond acceptors (Lipinski definition) is 3. The molecular formula is C15H27N3O3. The molecule has 2 fully saturated rings. The fraction of sp³-hybridized carbons (Fsp3) is 0.867. The minimum atomic E-state index is -0.900. The number of carbonyl (C=O) groups is 2. The van der Waals surface area contributed by atoms with Crippen molar-refractivity contribution in [2.24, 2.45) is 5.92 Å². The van der Waals surface area contributed by atoms with Crippen molar-refractivity contribution in [1.82, 2.24) is 15.1 Å². The van der Waals surface area contributed by atoms with Crippen molar-refractivity contribution in [1.29, 1.82) is 0 Å². The van der Waals surface area contributed by atoms with Crippen LogP contribution < -0.4 is 5.32 Å². The molecule has 0 aromatic rings. The average Bonchev–Trinajstić information content (AvgIpc) is 2.36. The second kappa shape index (κ2) is 6.22. The summed E-state index contributed by atoms with van der Waals surface area (Å²) in [6, 6.07) is -0.923. The van der Waals surface area contributed by atoms with E-state index in [0.29, 0.717) is 25.4 Å². The quantitative estimate of drug-likeness (QED) is 0.822. The number of nitrogens with zero attached hydrogens (tertiary/aromatic N) is 2. The van der Waals surface area contributed by atoms with Gasteiger partial charge in [0.05, 0.1) is 0 Å². The monoisotopic (exact) mass is 297 g/mol. The summed E-state index contributed by atoms with van der Waals surface area (Å²) in [6.07, 6.45) is 4.77. The number of rotatable bonds is 4. The zero-order chi connectivity index (χ0) is 15.6. The molecule has 1 aliphatic carbocycles. The Morgan fingerprint density at radius 2 is 2.05 bits per heavy atom. The Hall–Kier alpha value is -1.30. The highest BCUT2D eigenvalue weighted by atomic mass is 16.4. The fourth-order valence-corrected chi connectivity index (χ4v) is 3.33. The third kappa shape index (κ3) is 3.31. The van der Waals surface area contributed by atoms with Gasteiger partial charge in [-0.2, -0.15) is 0 Å². The Bertz CT molecular complexity index is 407. The van der Waals surface area contributed by atoms with E-state index < -0.39 is 12.0 Å². The van der Waals surface area contributed by atoms with E-state index in [9.17, 15) is 14.7 Å². The lowest BCUT2D eigenvalue weighted by molar-refractivity contribution is -0.143. The van der Waals surface area contributed by atoms with Crippen LogP contribution in [-0.4, -0.2) is 65.7 Å². The summed E-state index contributed by atoms with van der Waals surface area (Å²) in [5.74, 6) is -0.544. The maximum atomic E-state index is 12.4. The highest BCUT2D eigenvalue weighted by molar-refractivity contribution is 5.83. The molecule has 2 atom stereocenters. The van der Waals surface area contributed by atoms with Crippen molar-refractivity contribution in [3.63, 3.8) is 0 Å². The summed E-state index contributed by atoms with van der Waals surface area (Å²) < 4.78 is 0. The summed E-state index contributed by atoms with van der Waals surface area (Å²) >= 11 is 0. The van der Waals surface area contributed by atoms with Crippen molar-refractivity contribution in [3.8, 4) is 0 Å².